The van der Waals surface area contributed by atoms with Gasteiger partial charge in [-0.2, -0.15) is 0 Å². The van der Waals surface area contributed by atoms with Crippen LogP contribution in [0, 0.1) is 29.3 Å². The van der Waals surface area contributed by atoms with Gasteiger partial charge in [-0.3, -0.25) is 0 Å². The van der Waals surface area contributed by atoms with E-state index in [2.05, 4.69) is 11.3 Å². The Morgan fingerprint density at radius 2 is 1.78 bits per heavy atom. The Kier molecular flexibility index (Phi) is 6.28. The third-order valence-electron chi connectivity index (χ3n) is 6.96. The SMILES string of the molecule is C=CCC[C@@H]1CC[C@H]2c3cc(F)cc(F)c3CC[C@@H]2[C@H]1c1ccc(OC(F)(F)F)c(F)c1. The molecular formula is C25H24F6O. The Morgan fingerprint density at radius 1 is 1.00 bits per heavy atom. The van der Waals surface area contributed by atoms with Gasteiger partial charge in [0.15, 0.2) is 11.6 Å². The summed E-state index contributed by atoms with van der Waals surface area (Å²) in [7, 11) is 0. The van der Waals surface area contributed by atoms with Gasteiger partial charge >= 0.3 is 6.36 Å². The fourth-order valence-corrected chi connectivity index (χ4v) is 5.79. The van der Waals surface area contributed by atoms with Crippen molar-refractivity contribution in [2.24, 2.45) is 11.8 Å². The lowest BCUT2D eigenvalue weighted by Crippen LogP contribution is -2.35. The van der Waals surface area contributed by atoms with Crippen molar-refractivity contribution in [1.82, 2.24) is 0 Å². The number of ether oxygens (including phenoxy) is 1. The topological polar surface area (TPSA) is 9.23 Å². The molecule has 0 unspecified atom stereocenters. The quantitative estimate of drug-likeness (QED) is 0.331. The lowest BCUT2D eigenvalue weighted by molar-refractivity contribution is -0.275. The summed E-state index contributed by atoms with van der Waals surface area (Å²) >= 11 is 0. The van der Waals surface area contributed by atoms with Crippen molar-refractivity contribution in [3.8, 4) is 5.75 Å². The van der Waals surface area contributed by atoms with Gasteiger partial charge < -0.3 is 4.74 Å². The first-order chi connectivity index (χ1) is 15.2. The lowest BCUT2D eigenvalue weighted by Gasteiger charge is -2.47. The Morgan fingerprint density at radius 3 is 2.47 bits per heavy atom. The van der Waals surface area contributed by atoms with Gasteiger partial charge in [-0.05, 0) is 97.1 Å². The summed E-state index contributed by atoms with van der Waals surface area (Å²) in [5, 5.41) is 0. The molecule has 0 spiro atoms. The standard InChI is InChI=1S/C25H24F6O/c1-2-3-4-14-5-7-17-19(9-8-18-20(17)12-16(26)13-21(18)27)24(14)15-6-10-23(22(28)11-15)32-25(29,30)31/h2,6,10-14,17,19,24H,1,3-5,7-9H2/t14-,17-,19+,24-/m1/s1. The van der Waals surface area contributed by atoms with Crippen LogP contribution in [-0.4, -0.2) is 6.36 Å². The van der Waals surface area contributed by atoms with E-state index in [0.29, 0.717) is 29.5 Å². The summed E-state index contributed by atoms with van der Waals surface area (Å²) in [4.78, 5) is 0. The molecule has 1 fully saturated rings. The van der Waals surface area contributed by atoms with Gasteiger partial charge in [0.25, 0.3) is 0 Å². The smallest absolute Gasteiger partial charge is 0.403 e. The Bertz CT molecular complexity index is 999. The average Bonchev–Trinajstić information content (AvgIpc) is 2.72. The third kappa shape index (κ3) is 4.52. The zero-order chi connectivity index (χ0) is 23.0. The van der Waals surface area contributed by atoms with Crippen LogP contribution in [0.2, 0.25) is 0 Å². The summed E-state index contributed by atoms with van der Waals surface area (Å²) in [6.45, 7) is 3.77. The highest BCUT2D eigenvalue weighted by Gasteiger charge is 2.44. The molecule has 2 aliphatic rings. The van der Waals surface area contributed by atoms with E-state index in [0.717, 1.165) is 43.9 Å². The largest absolute Gasteiger partial charge is 0.573 e. The molecule has 2 aromatic carbocycles. The second-order valence-electron chi connectivity index (χ2n) is 8.73. The van der Waals surface area contributed by atoms with Gasteiger partial charge in [0.1, 0.15) is 11.6 Å². The molecule has 0 aliphatic heterocycles. The van der Waals surface area contributed by atoms with Crippen molar-refractivity contribution >= 4 is 0 Å². The minimum atomic E-state index is -4.98. The van der Waals surface area contributed by atoms with E-state index in [1.54, 1.807) is 0 Å². The minimum absolute atomic E-state index is 0.0149. The number of benzene rings is 2. The summed E-state index contributed by atoms with van der Waals surface area (Å²) in [6, 6.07) is 5.93. The molecule has 7 heteroatoms. The van der Waals surface area contributed by atoms with Crippen molar-refractivity contribution in [3.05, 3.63) is 77.1 Å². The number of hydrogen-bond acceptors (Lipinski definition) is 1. The first kappa shape index (κ1) is 22.7. The highest BCUT2D eigenvalue weighted by Crippen LogP contribution is 2.55. The Labute approximate surface area is 183 Å². The van der Waals surface area contributed by atoms with Crippen molar-refractivity contribution in [3.63, 3.8) is 0 Å². The molecule has 32 heavy (non-hydrogen) atoms. The zero-order valence-corrected chi connectivity index (χ0v) is 17.4. The number of halogens is 6. The van der Waals surface area contributed by atoms with Crippen molar-refractivity contribution in [2.75, 3.05) is 0 Å². The van der Waals surface area contributed by atoms with Gasteiger partial charge in [0.2, 0.25) is 0 Å². The molecule has 1 saturated carbocycles. The summed E-state index contributed by atoms with van der Waals surface area (Å²) in [5.41, 5.74) is 1.81. The van der Waals surface area contributed by atoms with Crippen molar-refractivity contribution in [2.45, 2.75) is 56.7 Å². The van der Waals surface area contributed by atoms with E-state index >= 15 is 0 Å². The summed E-state index contributed by atoms with van der Waals surface area (Å²) in [6.07, 6.45) is 1.04. The summed E-state index contributed by atoms with van der Waals surface area (Å²) < 4.78 is 84.3. The van der Waals surface area contributed by atoms with Gasteiger partial charge in [0.05, 0.1) is 0 Å². The number of rotatable bonds is 5. The van der Waals surface area contributed by atoms with Crippen LogP contribution in [0.5, 0.6) is 5.75 Å². The molecule has 0 radical (unpaired) electrons. The normalized spacial score (nSPS) is 25.1. The van der Waals surface area contributed by atoms with Gasteiger partial charge in [-0.1, -0.05) is 12.1 Å². The fourth-order valence-electron chi connectivity index (χ4n) is 5.79. The second-order valence-corrected chi connectivity index (χ2v) is 8.73. The maximum absolute atomic E-state index is 14.5. The van der Waals surface area contributed by atoms with Crippen LogP contribution in [0.15, 0.2) is 43.0 Å². The van der Waals surface area contributed by atoms with E-state index in [9.17, 15) is 26.3 Å². The predicted molar refractivity (Wildman–Crippen MR) is 109 cm³/mol. The molecule has 0 N–H and O–H groups in total. The van der Waals surface area contributed by atoms with Crippen molar-refractivity contribution < 1.29 is 31.1 Å². The Hall–Kier alpha value is -2.44. The van der Waals surface area contributed by atoms with E-state index < -0.39 is 29.6 Å². The van der Waals surface area contributed by atoms with Gasteiger partial charge in [-0.25, -0.2) is 13.2 Å². The van der Waals surface area contributed by atoms with Crippen LogP contribution in [0.1, 0.15) is 60.6 Å². The summed E-state index contributed by atoms with van der Waals surface area (Å²) in [5.74, 6) is -3.13. The predicted octanol–water partition coefficient (Wildman–Crippen LogP) is 7.81. The third-order valence-corrected chi connectivity index (χ3v) is 6.96. The van der Waals surface area contributed by atoms with E-state index in [1.807, 2.05) is 6.08 Å². The minimum Gasteiger partial charge on any atom is -0.403 e. The first-order valence-electron chi connectivity index (χ1n) is 10.8. The molecule has 0 bridgehead atoms. The maximum Gasteiger partial charge on any atom is 0.573 e. The first-order valence-corrected chi connectivity index (χ1v) is 10.8. The zero-order valence-electron chi connectivity index (χ0n) is 17.4. The molecule has 0 amide bonds. The monoisotopic (exact) mass is 454 g/mol. The fraction of sp³-hybridized carbons (Fsp3) is 0.440. The van der Waals surface area contributed by atoms with E-state index in [-0.39, 0.29) is 23.7 Å². The molecule has 0 saturated heterocycles. The molecule has 0 heterocycles. The van der Waals surface area contributed by atoms with Gasteiger partial charge in [0, 0.05) is 6.07 Å². The van der Waals surface area contributed by atoms with Crippen LogP contribution in [-0.2, 0) is 6.42 Å². The van der Waals surface area contributed by atoms with E-state index in [4.69, 9.17) is 0 Å². The molecule has 4 atom stereocenters. The van der Waals surface area contributed by atoms with Crippen LogP contribution < -0.4 is 4.74 Å². The molecular weight excluding hydrogens is 430 g/mol. The van der Waals surface area contributed by atoms with Crippen LogP contribution in [0.4, 0.5) is 26.3 Å². The molecule has 4 rings (SSSR count). The van der Waals surface area contributed by atoms with Crippen LogP contribution >= 0.6 is 0 Å². The molecule has 2 aliphatic carbocycles. The number of allylic oxidation sites excluding steroid dienone is 1. The van der Waals surface area contributed by atoms with Crippen molar-refractivity contribution in [1.29, 1.82) is 0 Å². The molecule has 172 valence electrons. The van der Waals surface area contributed by atoms with Crippen LogP contribution in [0.25, 0.3) is 0 Å². The number of alkyl halides is 3. The highest BCUT2D eigenvalue weighted by molar-refractivity contribution is 5.39. The lowest BCUT2D eigenvalue weighted by atomic mass is 9.57. The molecule has 0 aromatic heterocycles. The van der Waals surface area contributed by atoms with E-state index in [1.165, 1.54) is 12.1 Å². The van der Waals surface area contributed by atoms with Gasteiger partial charge in [-0.15, -0.1) is 19.8 Å². The second kappa shape index (κ2) is 8.83. The number of fused-ring (bicyclic) bond motifs is 3. The molecule has 2 aromatic rings. The molecule has 1 nitrogen and oxygen atoms in total. The van der Waals surface area contributed by atoms with Crippen LogP contribution in [0.3, 0.4) is 0 Å². The average molecular weight is 454 g/mol. The highest BCUT2D eigenvalue weighted by atomic mass is 19.4. The number of hydrogen-bond donors (Lipinski definition) is 0. The maximum atomic E-state index is 14.5. The Balaban J connectivity index is 1.71.